The lowest BCUT2D eigenvalue weighted by Gasteiger charge is -2.22. The standard InChI is InChI=1S/C13H15FN4/c1-2-18(10-5-3-4-9(14)8-10)12-7-6-11(15)13(16)17-12/h3-8H,2,15H2,1H3,(H2,16,17). The summed E-state index contributed by atoms with van der Waals surface area (Å²) in [5.41, 5.74) is 12.5. The van der Waals surface area contributed by atoms with Crippen molar-refractivity contribution in [2.24, 2.45) is 0 Å². The molecule has 0 bridgehead atoms. The van der Waals surface area contributed by atoms with Crippen LogP contribution in [0.25, 0.3) is 0 Å². The maximum atomic E-state index is 13.2. The minimum absolute atomic E-state index is 0.280. The largest absolute Gasteiger partial charge is 0.396 e. The zero-order chi connectivity index (χ0) is 13.1. The molecule has 0 aliphatic heterocycles. The third kappa shape index (κ3) is 2.34. The first-order valence-electron chi connectivity index (χ1n) is 5.67. The van der Waals surface area contributed by atoms with E-state index in [1.807, 2.05) is 17.9 Å². The monoisotopic (exact) mass is 246 g/mol. The molecule has 1 aromatic heterocycles. The number of hydrogen-bond acceptors (Lipinski definition) is 4. The van der Waals surface area contributed by atoms with Gasteiger partial charge in [-0.05, 0) is 37.3 Å². The molecule has 5 heteroatoms. The van der Waals surface area contributed by atoms with Crippen molar-refractivity contribution in [1.29, 1.82) is 0 Å². The van der Waals surface area contributed by atoms with Crippen molar-refractivity contribution >= 4 is 23.0 Å². The van der Waals surface area contributed by atoms with Crippen molar-refractivity contribution in [2.45, 2.75) is 6.92 Å². The molecule has 0 saturated heterocycles. The zero-order valence-corrected chi connectivity index (χ0v) is 10.1. The van der Waals surface area contributed by atoms with Gasteiger partial charge in [0.1, 0.15) is 17.5 Å². The molecule has 0 amide bonds. The van der Waals surface area contributed by atoms with E-state index in [-0.39, 0.29) is 11.6 Å². The summed E-state index contributed by atoms with van der Waals surface area (Å²) in [6.07, 6.45) is 0. The number of halogens is 1. The normalized spacial score (nSPS) is 10.3. The van der Waals surface area contributed by atoms with Crippen molar-refractivity contribution in [2.75, 3.05) is 22.9 Å². The van der Waals surface area contributed by atoms with Gasteiger partial charge in [-0.1, -0.05) is 6.07 Å². The highest BCUT2D eigenvalue weighted by atomic mass is 19.1. The van der Waals surface area contributed by atoms with Gasteiger partial charge in [-0.15, -0.1) is 0 Å². The molecule has 0 aliphatic rings. The van der Waals surface area contributed by atoms with Crippen molar-refractivity contribution in [1.82, 2.24) is 4.98 Å². The number of pyridine rings is 1. The summed E-state index contributed by atoms with van der Waals surface area (Å²) in [6, 6.07) is 9.80. The number of nitrogens with two attached hydrogens (primary N) is 2. The lowest BCUT2D eigenvalue weighted by Crippen LogP contribution is -2.18. The second kappa shape index (κ2) is 4.91. The van der Waals surface area contributed by atoms with Gasteiger partial charge in [0, 0.05) is 12.2 Å². The lowest BCUT2D eigenvalue weighted by molar-refractivity contribution is 0.627. The molecule has 0 radical (unpaired) electrons. The number of aromatic nitrogens is 1. The van der Waals surface area contributed by atoms with Crippen molar-refractivity contribution in [3.63, 3.8) is 0 Å². The van der Waals surface area contributed by atoms with Crippen LogP contribution in [0.2, 0.25) is 0 Å². The molecule has 2 rings (SSSR count). The molecule has 0 spiro atoms. The number of rotatable bonds is 3. The van der Waals surface area contributed by atoms with Crippen LogP contribution < -0.4 is 16.4 Å². The van der Waals surface area contributed by atoms with E-state index in [2.05, 4.69) is 4.98 Å². The maximum absolute atomic E-state index is 13.2. The molecular formula is C13H15FN4. The Morgan fingerprint density at radius 2 is 2.00 bits per heavy atom. The van der Waals surface area contributed by atoms with Crippen molar-refractivity contribution in [3.8, 4) is 0 Å². The van der Waals surface area contributed by atoms with Crippen LogP contribution in [-0.4, -0.2) is 11.5 Å². The first kappa shape index (κ1) is 12.2. The molecule has 1 aromatic carbocycles. The van der Waals surface area contributed by atoms with E-state index in [0.717, 1.165) is 5.69 Å². The van der Waals surface area contributed by atoms with Crippen LogP contribution in [0.5, 0.6) is 0 Å². The molecular weight excluding hydrogens is 231 g/mol. The summed E-state index contributed by atoms with van der Waals surface area (Å²) in [4.78, 5) is 6.07. The van der Waals surface area contributed by atoms with E-state index in [1.54, 1.807) is 18.2 Å². The van der Waals surface area contributed by atoms with E-state index < -0.39 is 0 Å². The Morgan fingerprint density at radius 3 is 2.61 bits per heavy atom. The molecule has 94 valence electrons. The molecule has 4 nitrogen and oxygen atoms in total. The molecule has 0 fully saturated rings. The number of hydrogen-bond donors (Lipinski definition) is 2. The molecule has 2 aromatic rings. The minimum atomic E-state index is -0.283. The van der Waals surface area contributed by atoms with Crippen LogP contribution >= 0.6 is 0 Å². The highest BCUT2D eigenvalue weighted by Gasteiger charge is 2.10. The maximum Gasteiger partial charge on any atom is 0.149 e. The Bertz CT molecular complexity index is 556. The average molecular weight is 246 g/mol. The third-order valence-electron chi connectivity index (χ3n) is 2.66. The molecule has 1 heterocycles. The van der Waals surface area contributed by atoms with E-state index in [4.69, 9.17) is 11.5 Å². The molecule has 0 aliphatic carbocycles. The van der Waals surface area contributed by atoms with Gasteiger partial charge in [0.15, 0.2) is 0 Å². The van der Waals surface area contributed by atoms with E-state index >= 15 is 0 Å². The van der Waals surface area contributed by atoms with Crippen LogP contribution in [0.3, 0.4) is 0 Å². The lowest BCUT2D eigenvalue weighted by atomic mass is 10.2. The van der Waals surface area contributed by atoms with Gasteiger partial charge < -0.3 is 16.4 Å². The second-order valence-corrected chi connectivity index (χ2v) is 3.87. The summed E-state index contributed by atoms with van der Waals surface area (Å²) in [5.74, 6) is 0.645. The van der Waals surface area contributed by atoms with E-state index in [1.165, 1.54) is 12.1 Å². The van der Waals surface area contributed by atoms with Gasteiger partial charge in [-0.25, -0.2) is 9.37 Å². The highest BCUT2D eigenvalue weighted by Crippen LogP contribution is 2.26. The molecule has 0 saturated carbocycles. The zero-order valence-electron chi connectivity index (χ0n) is 10.1. The van der Waals surface area contributed by atoms with E-state index in [0.29, 0.717) is 18.1 Å². The topological polar surface area (TPSA) is 68.2 Å². The minimum Gasteiger partial charge on any atom is -0.396 e. The second-order valence-electron chi connectivity index (χ2n) is 3.87. The molecule has 18 heavy (non-hydrogen) atoms. The summed E-state index contributed by atoms with van der Waals surface area (Å²) >= 11 is 0. The fraction of sp³-hybridized carbons (Fsp3) is 0.154. The number of nitrogen functional groups attached to an aromatic ring is 2. The summed E-state index contributed by atoms with van der Waals surface area (Å²) in [7, 11) is 0. The SMILES string of the molecule is CCN(c1cccc(F)c1)c1ccc(N)c(N)n1. The van der Waals surface area contributed by atoms with Crippen LogP contribution in [0.4, 0.5) is 27.4 Å². The smallest absolute Gasteiger partial charge is 0.149 e. The molecule has 0 unspecified atom stereocenters. The Labute approximate surface area is 105 Å². The predicted molar refractivity (Wildman–Crippen MR) is 72.1 cm³/mol. The van der Waals surface area contributed by atoms with Crippen molar-refractivity contribution in [3.05, 3.63) is 42.2 Å². The van der Waals surface area contributed by atoms with Gasteiger partial charge in [-0.3, -0.25) is 0 Å². The summed E-state index contributed by atoms with van der Waals surface area (Å²) < 4.78 is 13.2. The fourth-order valence-corrected chi connectivity index (χ4v) is 1.75. The van der Waals surface area contributed by atoms with Crippen LogP contribution in [-0.2, 0) is 0 Å². The number of anilines is 4. The Hall–Kier alpha value is -2.30. The predicted octanol–water partition coefficient (Wildman–Crippen LogP) is 2.54. The first-order chi connectivity index (χ1) is 8.61. The van der Waals surface area contributed by atoms with Gasteiger partial charge in [-0.2, -0.15) is 0 Å². The third-order valence-corrected chi connectivity index (χ3v) is 2.66. The quantitative estimate of drug-likeness (QED) is 0.873. The Morgan fingerprint density at radius 1 is 1.22 bits per heavy atom. The fourth-order valence-electron chi connectivity index (χ4n) is 1.75. The van der Waals surface area contributed by atoms with Gasteiger partial charge in [0.05, 0.1) is 5.69 Å². The molecule has 4 N–H and O–H groups in total. The van der Waals surface area contributed by atoms with Crippen LogP contribution in [0, 0.1) is 5.82 Å². The Balaban J connectivity index is 2.42. The van der Waals surface area contributed by atoms with Gasteiger partial charge in [0.2, 0.25) is 0 Å². The van der Waals surface area contributed by atoms with Crippen LogP contribution in [0.15, 0.2) is 36.4 Å². The average Bonchev–Trinajstić information content (AvgIpc) is 2.35. The highest BCUT2D eigenvalue weighted by molar-refractivity contribution is 5.66. The summed E-state index contributed by atoms with van der Waals surface area (Å²) in [5, 5.41) is 0. The van der Waals surface area contributed by atoms with Gasteiger partial charge in [0.25, 0.3) is 0 Å². The van der Waals surface area contributed by atoms with Crippen LogP contribution in [0.1, 0.15) is 6.92 Å². The Kier molecular flexibility index (Phi) is 3.32. The van der Waals surface area contributed by atoms with E-state index in [9.17, 15) is 4.39 Å². The van der Waals surface area contributed by atoms with Crippen molar-refractivity contribution < 1.29 is 4.39 Å². The molecule has 0 atom stereocenters. The van der Waals surface area contributed by atoms with Gasteiger partial charge >= 0.3 is 0 Å². The number of nitrogens with zero attached hydrogens (tertiary/aromatic N) is 2. The summed E-state index contributed by atoms with van der Waals surface area (Å²) in [6.45, 7) is 2.61. The number of benzene rings is 1. The first-order valence-corrected chi connectivity index (χ1v) is 5.67.